The van der Waals surface area contributed by atoms with Gasteiger partial charge in [-0.1, -0.05) is 13.3 Å². The van der Waals surface area contributed by atoms with E-state index in [0.29, 0.717) is 12.1 Å². The molecule has 4 nitrogen and oxygen atoms in total. The Hall–Kier alpha value is -1.58. The van der Waals surface area contributed by atoms with Crippen molar-refractivity contribution in [2.45, 2.75) is 39.0 Å². The summed E-state index contributed by atoms with van der Waals surface area (Å²) in [5, 5.41) is 12.8. The molecule has 17 heavy (non-hydrogen) atoms. The average molecular weight is 234 g/mol. The van der Waals surface area contributed by atoms with Crippen LogP contribution in [0.3, 0.4) is 0 Å². The highest BCUT2D eigenvalue weighted by Crippen LogP contribution is 2.30. The monoisotopic (exact) mass is 234 g/mol. The van der Waals surface area contributed by atoms with Gasteiger partial charge < -0.3 is 10.4 Å². The second-order valence-electron chi connectivity index (χ2n) is 4.41. The Kier molecular flexibility index (Phi) is 3.61. The molecule has 0 saturated carbocycles. The molecule has 0 fully saturated rings. The highest BCUT2D eigenvalue weighted by Gasteiger charge is 2.21. The maximum atomic E-state index is 11.8. The van der Waals surface area contributed by atoms with Gasteiger partial charge in [-0.05, 0) is 25.7 Å². The van der Waals surface area contributed by atoms with Gasteiger partial charge in [-0.25, -0.2) is 0 Å². The van der Waals surface area contributed by atoms with E-state index in [1.165, 1.54) is 6.20 Å². The zero-order chi connectivity index (χ0) is 12.3. The Morgan fingerprint density at radius 2 is 2.35 bits per heavy atom. The number of unbranched alkanes of at least 4 members (excludes halogenated alkanes) is 1. The lowest BCUT2D eigenvalue weighted by atomic mass is 10.1. The lowest BCUT2D eigenvalue weighted by Gasteiger charge is -2.09. The maximum absolute atomic E-state index is 11.8. The molecule has 0 atom stereocenters. The van der Waals surface area contributed by atoms with E-state index < -0.39 is 0 Å². The van der Waals surface area contributed by atoms with Crippen molar-refractivity contribution >= 4 is 5.91 Å². The molecule has 1 amide bonds. The molecule has 0 spiro atoms. The Morgan fingerprint density at radius 1 is 1.53 bits per heavy atom. The Bertz CT molecular complexity index is 430. The van der Waals surface area contributed by atoms with Crippen LogP contribution in [0.4, 0.5) is 0 Å². The Labute approximate surface area is 101 Å². The summed E-state index contributed by atoms with van der Waals surface area (Å²) in [5.74, 6) is -0.0975. The van der Waals surface area contributed by atoms with E-state index in [1.807, 2.05) is 0 Å². The minimum atomic E-state index is -0.224. The summed E-state index contributed by atoms with van der Waals surface area (Å²) in [7, 11) is 0. The summed E-state index contributed by atoms with van der Waals surface area (Å²) in [6.07, 6.45) is 6.21. The summed E-state index contributed by atoms with van der Waals surface area (Å²) < 4.78 is 0. The van der Waals surface area contributed by atoms with Gasteiger partial charge in [0.1, 0.15) is 5.75 Å². The van der Waals surface area contributed by atoms with Crippen LogP contribution in [-0.2, 0) is 12.8 Å². The standard InChI is InChI=1S/C13H18N2O2/c1-2-3-7-14-13(17)10-8-15-11-6-4-5-9(11)12(10)16/h8H,2-7H2,1H3,(H,14,17)(H,15,16). The predicted molar refractivity (Wildman–Crippen MR) is 65.2 cm³/mol. The van der Waals surface area contributed by atoms with E-state index in [-0.39, 0.29) is 11.7 Å². The molecule has 2 rings (SSSR count). The molecule has 4 heteroatoms. The van der Waals surface area contributed by atoms with Gasteiger partial charge in [-0.2, -0.15) is 0 Å². The second-order valence-corrected chi connectivity index (χ2v) is 4.41. The van der Waals surface area contributed by atoms with Crippen molar-refractivity contribution < 1.29 is 9.90 Å². The summed E-state index contributed by atoms with van der Waals surface area (Å²) in [6.45, 7) is 2.71. The van der Waals surface area contributed by atoms with Gasteiger partial charge >= 0.3 is 0 Å². The first-order valence-corrected chi connectivity index (χ1v) is 6.22. The van der Waals surface area contributed by atoms with E-state index >= 15 is 0 Å². The molecule has 1 aliphatic rings. The molecule has 1 heterocycles. The van der Waals surface area contributed by atoms with Crippen LogP contribution >= 0.6 is 0 Å². The third-order valence-corrected chi connectivity index (χ3v) is 3.14. The number of nitrogens with one attached hydrogen (secondary N) is 1. The van der Waals surface area contributed by atoms with E-state index in [4.69, 9.17) is 0 Å². The normalized spacial score (nSPS) is 13.5. The topological polar surface area (TPSA) is 62.2 Å². The molecule has 0 bridgehead atoms. The molecule has 1 aliphatic carbocycles. The summed E-state index contributed by atoms with van der Waals surface area (Å²) in [4.78, 5) is 16.1. The molecule has 0 saturated heterocycles. The van der Waals surface area contributed by atoms with Crippen molar-refractivity contribution in [3.8, 4) is 5.75 Å². The number of amides is 1. The number of aromatic nitrogens is 1. The molecule has 0 unspecified atom stereocenters. The number of hydrogen-bond acceptors (Lipinski definition) is 3. The van der Waals surface area contributed by atoms with Gasteiger partial charge in [0, 0.05) is 24.0 Å². The van der Waals surface area contributed by atoms with Gasteiger partial charge in [0.25, 0.3) is 5.91 Å². The Balaban J connectivity index is 2.13. The molecule has 1 aromatic heterocycles. The van der Waals surface area contributed by atoms with Gasteiger partial charge in [0.05, 0.1) is 5.56 Å². The molecule has 92 valence electrons. The van der Waals surface area contributed by atoms with Crippen LogP contribution in [0.15, 0.2) is 6.20 Å². The highest BCUT2D eigenvalue weighted by atomic mass is 16.3. The number of aromatic hydroxyl groups is 1. The minimum absolute atomic E-state index is 0.126. The number of hydrogen-bond donors (Lipinski definition) is 2. The third-order valence-electron chi connectivity index (χ3n) is 3.14. The van der Waals surface area contributed by atoms with Crippen LogP contribution in [-0.4, -0.2) is 22.5 Å². The number of nitrogens with zero attached hydrogens (tertiary/aromatic N) is 1. The zero-order valence-electron chi connectivity index (χ0n) is 10.1. The lowest BCUT2D eigenvalue weighted by molar-refractivity contribution is 0.0950. The summed E-state index contributed by atoms with van der Waals surface area (Å²) >= 11 is 0. The van der Waals surface area contributed by atoms with Gasteiger partial charge in [0.2, 0.25) is 0 Å². The minimum Gasteiger partial charge on any atom is -0.507 e. The highest BCUT2D eigenvalue weighted by molar-refractivity contribution is 5.97. The average Bonchev–Trinajstić information content (AvgIpc) is 2.78. The molecule has 0 aromatic carbocycles. The van der Waals surface area contributed by atoms with Crippen LogP contribution in [0.5, 0.6) is 5.75 Å². The molecule has 0 radical (unpaired) electrons. The van der Waals surface area contributed by atoms with Crippen molar-refractivity contribution in [1.29, 1.82) is 0 Å². The quantitative estimate of drug-likeness (QED) is 0.781. The number of carbonyl (C=O) groups is 1. The first-order valence-electron chi connectivity index (χ1n) is 6.22. The van der Waals surface area contributed by atoms with Crippen LogP contribution in [0.1, 0.15) is 47.8 Å². The van der Waals surface area contributed by atoms with Gasteiger partial charge in [0.15, 0.2) is 0 Å². The lowest BCUT2D eigenvalue weighted by Crippen LogP contribution is -2.24. The second kappa shape index (κ2) is 5.17. The van der Waals surface area contributed by atoms with Crippen molar-refractivity contribution in [1.82, 2.24) is 10.3 Å². The molecule has 2 N–H and O–H groups in total. The zero-order valence-corrected chi connectivity index (χ0v) is 10.1. The molecular weight excluding hydrogens is 216 g/mol. The van der Waals surface area contributed by atoms with Gasteiger partial charge in [-0.3, -0.25) is 9.78 Å². The number of aryl methyl sites for hydroxylation is 1. The van der Waals surface area contributed by atoms with Crippen molar-refractivity contribution in [3.63, 3.8) is 0 Å². The van der Waals surface area contributed by atoms with Crippen molar-refractivity contribution in [3.05, 3.63) is 23.0 Å². The number of carbonyl (C=O) groups excluding carboxylic acids is 1. The van der Waals surface area contributed by atoms with Crippen LogP contribution in [0, 0.1) is 0 Å². The first-order chi connectivity index (χ1) is 8.24. The fourth-order valence-electron chi connectivity index (χ4n) is 2.13. The van der Waals surface area contributed by atoms with Crippen LogP contribution < -0.4 is 5.32 Å². The molecular formula is C13H18N2O2. The van der Waals surface area contributed by atoms with E-state index in [1.54, 1.807) is 0 Å². The largest absolute Gasteiger partial charge is 0.507 e. The van der Waals surface area contributed by atoms with Gasteiger partial charge in [-0.15, -0.1) is 0 Å². The predicted octanol–water partition coefficient (Wildman–Crippen LogP) is 1.81. The number of fused-ring (bicyclic) bond motifs is 1. The molecule has 1 aromatic rings. The molecule has 0 aliphatic heterocycles. The number of pyridine rings is 1. The van der Waals surface area contributed by atoms with Crippen LogP contribution in [0.2, 0.25) is 0 Å². The Morgan fingerprint density at radius 3 is 3.12 bits per heavy atom. The smallest absolute Gasteiger partial charge is 0.256 e. The maximum Gasteiger partial charge on any atom is 0.256 e. The number of rotatable bonds is 4. The van der Waals surface area contributed by atoms with Crippen molar-refractivity contribution in [2.75, 3.05) is 6.54 Å². The summed E-state index contributed by atoms with van der Waals surface area (Å²) in [6, 6.07) is 0. The van der Waals surface area contributed by atoms with Crippen molar-refractivity contribution in [2.24, 2.45) is 0 Å². The van der Waals surface area contributed by atoms with Crippen LogP contribution in [0.25, 0.3) is 0 Å². The third kappa shape index (κ3) is 2.40. The summed E-state index contributed by atoms with van der Waals surface area (Å²) in [5.41, 5.74) is 2.10. The SMILES string of the molecule is CCCCNC(=O)c1cnc2c(c1O)CCC2. The van der Waals surface area contributed by atoms with E-state index in [0.717, 1.165) is 43.4 Å². The van der Waals surface area contributed by atoms with E-state index in [9.17, 15) is 9.90 Å². The fourth-order valence-corrected chi connectivity index (χ4v) is 2.13. The van der Waals surface area contributed by atoms with E-state index in [2.05, 4.69) is 17.2 Å². The first kappa shape index (κ1) is 11.9. The fraction of sp³-hybridized carbons (Fsp3) is 0.538.